The van der Waals surface area contributed by atoms with Crippen LogP contribution in [0.5, 0.6) is 5.75 Å². The second-order valence-electron chi connectivity index (χ2n) is 7.98. The van der Waals surface area contributed by atoms with Gasteiger partial charge in [-0.15, -0.1) is 10.2 Å². The number of carbonyl (C=O) groups is 1. The van der Waals surface area contributed by atoms with Gasteiger partial charge in [-0.2, -0.15) is 0 Å². The first kappa shape index (κ1) is 20.9. The Kier molecular flexibility index (Phi) is 6.21. The van der Waals surface area contributed by atoms with Crippen molar-refractivity contribution in [1.29, 1.82) is 0 Å². The standard InChI is InChI=1S/C24H29N5O2/c1-17-12-13-19(15-18(17)2)29(24(30)25-20-9-6-7-10-21(20)31-3)16-23-27-26-22-11-5-4-8-14-28(22)23/h6-7,9-10,12-13,15H,4-5,8,11,14,16H2,1-3H3,(H,25,30). The quantitative estimate of drug-likeness (QED) is 0.640. The molecule has 0 radical (unpaired) electrons. The third-order valence-corrected chi connectivity index (χ3v) is 5.88. The lowest BCUT2D eigenvalue weighted by Crippen LogP contribution is -2.35. The summed E-state index contributed by atoms with van der Waals surface area (Å²) in [6, 6.07) is 13.2. The second-order valence-corrected chi connectivity index (χ2v) is 7.98. The van der Waals surface area contributed by atoms with E-state index < -0.39 is 0 Å². The lowest BCUT2D eigenvalue weighted by molar-refractivity contribution is 0.256. The van der Waals surface area contributed by atoms with E-state index in [9.17, 15) is 4.79 Å². The zero-order valence-corrected chi connectivity index (χ0v) is 18.4. The number of fused-ring (bicyclic) bond motifs is 1. The summed E-state index contributed by atoms with van der Waals surface area (Å²) in [7, 11) is 1.59. The fraction of sp³-hybridized carbons (Fsp3) is 0.375. The van der Waals surface area contributed by atoms with E-state index in [4.69, 9.17) is 4.74 Å². The van der Waals surface area contributed by atoms with Crippen LogP contribution in [0.25, 0.3) is 0 Å². The predicted octanol–water partition coefficient (Wildman–Crippen LogP) is 4.87. The zero-order chi connectivity index (χ0) is 21.8. The fourth-order valence-electron chi connectivity index (χ4n) is 3.91. The lowest BCUT2D eigenvalue weighted by atomic mass is 10.1. The minimum absolute atomic E-state index is 0.237. The smallest absolute Gasteiger partial charge is 0.326 e. The molecule has 7 nitrogen and oxygen atoms in total. The highest BCUT2D eigenvalue weighted by Gasteiger charge is 2.23. The lowest BCUT2D eigenvalue weighted by Gasteiger charge is -2.24. The number of aryl methyl sites for hydroxylation is 3. The zero-order valence-electron chi connectivity index (χ0n) is 18.4. The van der Waals surface area contributed by atoms with Crippen molar-refractivity contribution in [1.82, 2.24) is 14.8 Å². The highest BCUT2D eigenvalue weighted by molar-refractivity contribution is 6.02. The topological polar surface area (TPSA) is 72.3 Å². The summed E-state index contributed by atoms with van der Waals surface area (Å²) >= 11 is 0. The molecule has 0 saturated heterocycles. The van der Waals surface area contributed by atoms with E-state index in [0.717, 1.165) is 48.7 Å². The maximum Gasteiger partial charge on any atom is 0.326 e. The van der Waals surface area contributed by atoms with Crippen LogP contribution < -0.4 is 15.0 Å². The summed E-state index contributed by atoms with van der Waals surface area (Å²) in [6.07, 6.45) is 4.37. The molecular weight excluding hydrogens is 390 g/mol. The number of hydrogen-bond acceptors (Lipinski definition) is 4. The third-order valence-electron chi connectivity index (χ3n) is 5.88. The Labute approximate surface area is 183 Å². The molecule has 2 heterocycles. The molecule has 0 aliphatic carbocycles. The van der Waals surface area contributed by atoms with E-state index in [1.807, 2.05) is 42.5 Å². The summed E-state index contributed by atoms with van der Waals surface area (Å²) in [5, 5.41) is 11.8. The number of carbonyl (C=O) groups excluding carboxylic acids is 1. The van der Waals surface area contributed by atoms with Gasteiger partial charge in [-0.3, -0.25) is 4.90 Å². The number of nitrogens with zero attached hydrogens (tertiary/aromatic N) is 4. The first-order chi connectivity index (χ1) is 15.1. The van der Waals surface area contributed by atoms with Gasteiger partial charge in [0.1, 0.15) is 11.6 Å². The molecular formula is C24H29N5O2. The van der Waals surface area contributed by atoms with Gasteiger partial charge in [0, 0.05) is 18.7 Å². The molecule has 0 spiro atoms. The van der Waals surface area contributed by atoms with Crippen LogP contribution in [0.3, 0.4) is 0 Å². The molecule has 31 heavy (non-hydrogen) atoms. The largest absolute Gasteiger partial charge is 0.495 e. The van der Waals surface area contributed by atoms with Crippen molar-refractivity contribution < 1.29 is 9.53 Å². The molecule has 1 aliphatic rings. The number of amides is 2. The van der Waals surface area contributed by atoms with E-state index in [-0.39, 0.29) is 6.03 Å². The van der Waals surface area contributed by atoms with Crippen molar-refractivity contribution in [2.24, 2.45) is 0 Å². The van der Waals surface area contributed by atoms with Crippen molar-refractivity contribution in [3.63, 3.8) is 0 Å². The number of urea groups is 1. The van der Waals surface area contributed by atoms with Gasteiger partial charge in [0.25, 0.3) is 0 Å². The summed E-state index contributed by atoms with van der Waals surface area (Å²) in [6.45, 7) is 5.36. The average molecular weight is 420 g/mol. The number of benzene rings is 2. The van der Waals surface area contributed by atoms with E-state index >= 15 is 0 Å². The van der Waals surface area contributed by atoms with Crippen LogP contribution in [0, 0.1) is 13.8 Å². The van der Waals surface area contributed by atoms with Crippen LogP contribution in [0.2, 0.25) is 0 Å². The van der Waals surface area contributed by atoms with Gasteiger partial charge in [0.05, 0.1) is 19.3 Å². The molecule has 0 unspecified atom stereocenters. The number of rotatable bonds is 5. The molecule has 1 N–H and O–H groups in total. The number of nitrogens with one attached hydrogen (secondary N) is 1. The first-order valence-corrected chi connectivity index (χ1v) is 10.8. The van der Waals surface area contributed by atoms with Gasteiger partial charge in [0.2, 0.25) is 0 Å². The molecule has 4 rings (SSSR count). The molecule has 2 amide bonds. The Hall–Kier alpha value is -3.35. The Morgan fingerprint density at radius 3 is 2.74 bits per heavy atom. The summed E-state index contributed by atoms with van der Waals surface area (Å²) in [4.78, 5) is 15.2. The van der Waals surface area contributed by atoms with Crippen LogP contribution in [-0.2, 0) is 19.5 Å². The van der Waals surface area contributed by atoms with Crippen molar-refractivity contribution in [3.05, 3.63) is 65.2 Å². The van der Waals surface area contributed by atoms with Crippen LogP contribution in [-0.4, -0.2) is 27.9 Å². The molecule has 3 aromatic rings. The second kappa shape index (κ2) is 9.20. The van der Waals surface area contributed by atoms with E-state index in [1.165, 1.54) is 12.0 Å². The normalized spacial score (nSPS) is 13.3. The summed E-state index contributed by atoms with van der Waals surface area (Å²) < 4.78 is 7.58. The molecule has 0 bridgehead atoms. The van der Waals surface area contributed by atoms with Crippen molar-refractivity contribution in [2.75, 3.05) is 17.3 Å². The summed E-state index contributed by atoms with van der Waals surface area (Å²) in [5.41, 5.74) is 3.77. The minimum Gasteiger partial charge on any atom is -0.495 e. The van der Waals surface area contributed by atoms with Gasteiger partial charge in [-0.05, 0) is 62.1 Å². The van der Waals surface area contributed by atoms with Crippen molar-refractivity contribution >= 4 is 17.4 Å². The van der Waals surface area contributed by atoms with Gasteiger partial charge in [0.15, 0.2) is 5.82 Å². The third kappa shape index (κ3) is 4.55. The minimum atomic E-state index is -0.237. The van der Waals surface area contributed by atoms with Gasteiger partial charge >= 0.3 is 6.03 Å². The summed E-state index contributed by atoms with van der Waals surface area (Å²) in [5.74, 6) is 2.44. The molecule has 0 fully saturated rings. The fourth-order valence-corrected chi connectivity index (χ4v) is 3.91. The van der Waals surface area contributed by atoms with Crippen LogP contribution in [0.1, 0.15) is 42.0 Å². The average Bonchev–Trinajstić information content (AvgIpc) is 2.99. The number of ether oxygens (including phenoxy) is 1. The Bertz CT molecular complexity index is 1080. The Balaban J connectivity index is 1.67. The number of anilines is 2. The monoisotopic (exact) mass is 419 g/mol. The number of aromatic nitrogens is 3. The number of para-hydroxylation sites is 2. The highest BCUT2D eigenvalue weighted by atomic mass is 16.5. The van der Waals surface area contributed by atoms with Crippen molar-refractivity contribution in [2.45, 2.75) is 52.6 Å². The molecule has 0 atom stereocenters. The molecule has 0 saturated carbocycles. The van der Waals surface area contributed by atoms with Crippen LogP contribution in [0.4, 0.5) is 16.2 Å². The van der Waals surface area contributed by atoms with Crippen LogP contribution in [0.15, 0.2) is 42.5 Å². The highest BCUT2D eigenvalue weighted by Crippen LogP contribution is 2.26. The van der Waals surface area contributed by atoms with Gasteiger partial charge < -0.3 is 14.6 Å². The number of methoxy groups -OCH3 is 1. The maximum absolute atomic E-state index is 13.4. The molecule has 162 valence electrons. The molecule has 7 heteroatoms. The predicted molar refractivity (Wildman–Crippen MR) is 122 cm³/mol. The molecule has 2 aromatic carbocycles. The van der Waals surface area contributed by atoms with E-state index in [2.05, 4.69) is 33.9 Å². The van der Waals surface area contributed by atoms with Gasteiger partial charge in [-0.1, -0.05) is 24.6 Å². The van der Waals surface area contributed by atoms with Gasteiger partial charge in [-0.25, -0.2) is 4.79 Å². The first-order valence-electron chi connectivity index (χ1n) is 10.8. The SMILES string of the molecule is COc1ccccc1NC(=O)N(Cc1nnc2n1CCCCC2)c1ccc(C)c(C)c1. The van der Waals surface area contributed by atoms with Crippen LogP contribution >= 0.6 is 0 Å². The van der Waals surface area contributed by atoms with E-state index in [1.54, 1.807) is 12.0 Å². The molecule has 1 aliphatic heterocycles. The van der Waals surface area contributed by atoms with E-state index in [0.29, 0.717) is 18.0 Å². The Morgan fingerprint density at radius 2 is 1.94 bits per heavy atom. The number of hydrogen-bond donors (Lipinski definition) is 1. The maximum atomic E-state index is 13.4. The Morgan fingerprint density at radius 1 is 1.10 bits per heavy atom. The van der Waals surface area contributed by atoms with Crippen molar-refractivity contribution in [3.8, 4) is 5.75 Å². The molecule has 1 aromatic heterocycles.